The smallest absolute Gasteiger partial charge is 0.246 e. The highest BCUT2D eigenvalue weighted by molar-refractivity contribution is 5.97. The summed E-state index contributed by atoms with van der Waals surface area (Å²) in [5, 5.41) is 1.23. The summed E-state index contributed by atoms with van der Waals surface area (Å²) in [5.41, 5.74) is 6.11. The zero-order valence-electron chi connectivity index (χ0n) is 23.2. The summed E-state index contributed by atoms with van der Waals surface area (Å²) in [6.45, 7) is 10.9. The maximum absolute atomic E-state index is 13.1. The Morgan fingerprint density at radius 1 is 0.974 bits per heavy atom. The van der Waals surface area contributed by atoms with Crippen LogP contribution in [0, 0.1) is 13.8 Å². The molecule has 3 heterocycles. The number of ether oxygens (including phenoxy) is 2. The topological polar surface area (TPSA) is 50.2 Å². The molecule has 3 aromatic rings. The molecule has 2 aliphatic heterocycles. The Labute approximate surface area is 226 Å². The van der Waals surface area contributed by atoms with Crippen LogP contribution >= 0.6 is 0 Å². The molecule has 0 spiro atoms. The fraction of sp³-hybridized carbons (Fsp3) is 0.452. The fourth-order valence-corrected chi connectivity index (χ4v) is 5.50. The number of carbonyl (C=O) groups excluding carboxylic acids is 1. The fourth-order valence-electron chi connectivity index (χ4n) is 5.50. The number of aromatic nitrogens is 1. The molecule has 7 heteroatoms. The quantitative estimate of drug-likeness (QED) is 0.396. The lowest BCUT2D eigenvalue weighted by molar-refractivity contribution is -0.127. The number of piperazine rings is 1. The Bertz CT molecular complexity index is 1320. The Morgan fingerprint density at radius 2 is 1.76 bits per heavy atom. The number of hydrogen-bond donors (Lipinski definition) is 0. The van der Waals surface area contributed by atoms with Gasteiger partial charge >= 0.3 is 0 Å². The van der Waals surface area contributed by atoms with Crippen molar-refractivity contribution in [2.45, 2.75) is 33.2 Å². The van der Waals surface area contributed by atoms with Crippen molar-refractivity contribution < 1.29 is 14.3 Å². The molecule has 0 N–H and O–H groups in total. The first-order valence-electron chi connectivity index (χ1n) is 13.7. The zero-order chi connectivity index (χ0) is 26.6. The van der Waals surface area contributed by atoms with Crippen LogP contribution in [-0.4, -0.2) is 85.3 Å². The molecule has 0 saturated carbocycles. The number of rotatable bonds is 9. The highest BCUT2D eigenvalue weighted by Gasteiger charge is 2.21. The molecular formula is C31H40N4O3. The van der Waals surface area contributed by atoms with Crippen LogP contribution in [0.15, 0.2) is 42.5 Å². The molecule has 2 aliphatic rings. The highest BCUT2D eigenvalue weighted by Crippen LogP contribution is 2.32. The van der Waals surface area contributed by atoms with Gasteiger partial charge in [-0.05, 0) is 83.2 Å². The van der Waals surface area contributed by atoms with Crippen LogP contribution in [0.25, 0.3) is 17.0 Å². The second-order valence-corrected chi connectivity index (χ2v) is 10.8. The lowest BCUT2D eigenvalue weighted by atomic mass is 10.1. The second-order valence-electron chi connectivity index (χ2n) is 10.8. The van der Waals surface area contributed by atoms with Crippen molar-refractivity contribution in [3.63, 3.8) is 0 Å². The number of benzene rings is 2. The predicted octanol–water partition coefficient (Wildman–Crippen LogP) is 4.34. The van der Waals surface area contributed by atoms with E-state index in [0.29, 0.717) is 6.79 Å². The van der Waals surface area contributed by atoms with E-state index in [1.807, 2.05) is 17.0 Å². The van der Waals surface area contributed by atoms with Gasteiger partial charge in [0.25, 0.3) is 0 Å². The van der Waals surface area contributed by atoms with Crippen molar-refractivity contribution in [2.24, 2.45) is 0 Å². The molecule has 0 bridgehead atoms. The summed E-state index contributed by atoms with van der Waals surface area (Å²) in [4.78, 5) is 19.8. The van der Waals surface area contributed by atoms with Crippen LogP contribution in [-0.2, 0) is 17.8 Å². The number of fused-ring (bicyclic) bond motifs is 2. The molecule has 0 radical (unpaired) electrons. The molecule has 1 amide bonds. The van der Waals surface area contributed by atoms with E-state index in [1.54, 1.807) is 6.08 Å². The summed E-state index contributed by atoms with van der Waals surface area (Å²) in [6.07, 6.45) is 5.86. The van der Waals surface area contributed by atoms with E-state index >= 15 is 0 Å². The zero-order valence-corrected chi connectivity index (χ0v) is 23.2. The Hall–Kier alpha value is -3.29. The van der Waals surface area contributed by atoms with Gasteiger partial charge in [-0.25, -0.2) is 0 Å². The maximum atomic E-state index is 13.1. The molecule has 2 aromatic carbocycles. The third kappa shape index (κ3) is 5.89. The molecule has 0 atom stereocenters. The van der Waals surface area contributed by atoms with Gasteiger partial charge < -0.3 is 23.8 Å². The minimum absolute atomic E-state index is 0.0981. The summed E-state index contributed by atoms with van der Waals surface area (Å²) in [7, 11) is 4.23. The van der Waals surface area contributed by atoms with Crippen LogP contribution < -0.4 is 9.47 Å². The average Bonchev–Trinajstić information content (AvgIpc) is 3.48. The van der Waals surface area contributed by atoms with Gasteiger partial charge in [-0.1, -0.05) is 17.7 Å². The van der Waals surface area contributed by atoms with Crippen molar-refractivity contribution in [3.05, 3.63) is 64.9 Å². The summed E-state index contributed by atoms with van der Waals surface area (Å²) < 4.78 is 13.3. The lowest BCUT2D eigenvalue weighted by Gasteiger charge is -2.34. The average molecular weight is 517 g/mol. The van der Waals surface area contributed by atoms with E-state index in [9.17, 15) is 4.79 Å². The van der Waals surface area contributed by atoms with Crippen molar-refractivity contribution in [1.29, 1.82) is 0 Å². The van der Waals surface area contributed by atoms with E-state index in [2.05, 4.69) is 72.6 Å². The molecule has 0 aliphatic carbocycles. The largest absolute Gasteiger partial charge is 0.454 e. The first-order chi connectivity index (χ1) is 18.4. The van der Waals surface area contributed by atoms with Crippen LogP contribution in [0.1, 0.15) is 28.8 Å². The molecule has 5 rings (SSSR count). The number of aryl methyl sites for hydroxylation is 2. The molecule has 7 nitrogen and oxygen atoms in total. The first-order valence-corrected chi connectivity index (χ1v) is 13.7. The highest BCUT2D eigenvalue weighted by atomic mass is 16.7. The van der Waals surface area contributed by atoms with Crippen LogP contribution in [0.2, 0.25) is 0 Å². The van der Waals surface area contributed by atoms with Gasteiger partial charge in [0, 0.05) is 67.5 Å². The standard InChI is InChI=1S/C31H40N4O3/c1-23-6-9-28-27(20-23)26(24(2)35(28)14-5-13-32(3)4)8-11-31(36)34-18-16-33(17-19-34)15-12-25-7-10-29-30(21-25)38-22-37-29/h6-11,20-21H,5,12-19,22H2,1-4H3/b11-8+. The molecule has 1 aromatic heterocycles. The third-order valence-electron chi connectivity index (χ3n) is 7.74. The maximum Gasteiger partial charge on any atom is 0.246 e. The predicted molar refractivity (Wildman–Crippen MR) is 153 cm³/mol. The molecule has 1 saturated heterocycles. The minimum Gasteiger partial charge on any atom is -0.454 e. The van der Waals surface area contributed by atoms with E-state index in [1.165, 1.54) is 27.7 Å². The van der Waals surface area contributed by atoms with Gasteiger partial charge in [0.1, 0.15) is 0 Å². The minimum atomic E-state index is 0.0981. The second kappa shape index (κ2) is 11.6. The Kier molecular flexibility index (Phi) is 8.05. The number of hydrogen-bond acceptors (Lipinski definition) is 5. The van der Waals surface area contributed by atoms with Crippen LogP contribution in [0.4, 0.5) is 0 Å². The summed E-state index contributed by atoms with van der Waals surface area (Å²) in [5.74, 6) is 1.76. The van der Waals surface area contributed by atoms with Crippen LogP contribution in [0.3, 0.4) is 0 Å². The van der Waals surface area contributed by atoms with E-state index in [4.69, 9.17) is 9.47 Å². The number of carbonyl (C=O) groups is 1. The first kappa shape index (κ1) is 26.3. The van der Waals surface area contributed by atoms with E-state index < -0.39 is 0 Å². The monoisotopic (exact) mass is 516 g/mol. The van der Waals surface area contributed by atoms with Gasteiger partial charge in [0.05, 0.1) is 0 Å². The molecular weight excluding hydrogens is 476 g/mol. The normalized spacial score (nSPS) is 15.9. The van der Waals surface area contributed by atoms with Gasteiger partial charge in [-0.15, -0.1) is 0 Å². The lowest BCUT2D eigenvalue weighted by Crippen LogP contribution is -2.48. The van der Waals surface area contributed by atoms with E-state index in [0.717, 1.165) is 75.7 Å². The summed E-state index contributed by atoms with van der Waals surface area (Å²) >= 11 is 0. The Balaban J connectivity index is 1.19. The van der Waals surface area contributed by atoms with Crippen molar-refractivity contribution >= 4 is 22.9 Å². The van der Waals surface area contributed by atoms with Gasteiger partial charge in [0.2, 0.25) is 12.7 Å². The Morgan fingerprint density at radius 3 is 2.55 bits per heavy atom. The summed E-state index contributed by atoms with van der Waals surface area (Å²) in [6, 6.07) is 12.8. The van der Waals surface area contributed by atoms with Crippen LogP contribution in [0.5, 0.6) is 11.5 Å². The number of nitrogens with zero attached hydrogens (tertiary/aromatic N) is 4. The van der Waals surface area contributed by atoms with Gasteiger partial charge in [0.15, 0.2) is 11.5 Å². The van der Waals surface area contributed by atoms with Crippen molar-refractivity contribution in [2.75, 3.05) is 60.2 Å². The van der Waals surface area contributed by atoms with Gasteiger partial charge in [-0.2, -0.15) is 0 Å². The third-order valence-corrected chi connectivity index (χ3v) is 7.74. The van der Waals surface area contributed by atoms with E-state index in [-0.39, 0.29) is 5.91 Å². The molecule has 38 heavy (non-hydrogen) atoms. The molecule has 0 unspecified atom stereocenters. The number of amides is 1. The molecule has 202 valence electrons. The van der Waals surface area contributed by atoms with Crippen molar-refractivity contribution in [3.8, 4) is 11.5 Å². The van der Waals surface area contributed by atoms with Gasteiger partial charge in [-0.3, -0.25) is 9.69 Å². The van der Waals surface area contributed by atoms with Crippen molar-refractivity contribution in [1.82, 2.24) is 19.3 Å². The SMILES string of the molecule is Cc1ccc2c(c1)c(/C=C/C(=O)N1CCN(CCc3ccc4c(c3)OCO4)CC1)c(C)n2CCCN(C)C. The molecule has 1 fully saturated rings.